The van der Waals surface area contributed by atoms with Gasteiger partial charge in [-0.25, -0.2) is 4.90 Å². The number of benzene rings is 2. The maximum atomic E-state index is 12.5. The van der Waals surface area contributed by atoms with Crippen molar-refractivity contribution in [3.8, 4) is 11.8 Å². The summed E-state index contributed by atoms with van der Waals surface area (Å²) in [7, 11) is 0. The van der Waals surface area contributed by atoms with Crippen molar-refractivity contribution in [1.29, 1.82) is 0 Å². The number of carbonyl (C=O) groups excluding carboxylic acids is 2. The molecule has 0 bridgehead atoms. The summed E-state index contributed by atoms with van der Waals surface area (Å²) in [5.74, 6) is 5.15. The summed E-state index contributed by atoms with van der Waals surface area (Å²) in [5, 5.41) is 0. The lowest BCUT2D eigenvalue weighted by molar-refractivity contribution is 0.0926. The second kappa shape index (κ2) is 5.47. The maximum Gasteiger partial charge on any atom is 0.266 e. The van der Waals surface area contributed by atoms with Gasteiger partial charge < -0.3 is 5.73 Å². The van der Waals surface area contributed by atoms with Crippen LogP contribution in [0.2, 0.25) is 0 Å². The molecule has 0 radical (unpaired) electrons. The molecule has 1 aliphatic heterocycles. The Morgan fingerprint density at radius 1 is 1.05 bits per heavy atom. The summed E-state index contributed by atoms with van der Waals surface area (Å²) in [6, 6.07) is 12.2. The molecule has 2 amide bonds. The van der Waals surface area contributed by atoms with E-state index in [0.717, 1.165) is 11.1 Å². The van der Waals surface area contributed by atoms with E-state index >= 15 is 0 Å². The van der Waals surface area contributed by atoms with Crippen molar-refractivity contribution in [2.75, 3.05) is 11.4 Å². The molecule has 0 saturated heterocycles. The molecular formula is C18H14N2O2. The number of nitrogens with two attached hydrogens (primary N) is 1. The Labute approximate surface area is 128 Å². The van der Waals surface area contributed by atoms with Crippen molar-refractivity contribution >= 4 is 17.5 Å². The fraction of sp³-hybridized carbons (Fsp3) is 0.111. The molecule has 2 aromatic carbocycles. The van der Waals surface area contributed by atoms with Gasteiger partial charge in [-0.3, -0.25) is 9.59 Å². The number of hydrogen-bond donors (Lipinski definition) is 1. The molecule has 4 nitrogen and oxygen atoms in total. The second-order valence-corrected chi connectivity index (χ2v) is 5.00. The Morgan fingerprint density at radius 2 is 1.68 bits per heavy atom. The van der Waals surface area contributed by atoms with E-state index in [1.165, 1.54) is 4.90 Å². The van der Waals surface area contributed by atoms with Gasteiger partial charge in [0.05, 0.1) is 23.4 Å². The van der Waals surface area contributed by atoms with Crippen LogP contribution in [0, 0.1) is 18.8 Å². The van der Waals surface area contributed by atoms with Crippen LogP contribution in [-0.2, 0) is 0 Å². The van der Waals surface area contributed by atoms with Crippen molar-refractivity contribution in [3.63, 3.8) is 0 Å². The van der Waals surface area contributed by atoms with Crippen molar-refractivity contribution < 1.29 is 9.59 Å². The van der Waals surface area contributed by atoms with Crippen LogP contribution in [0.15, 0.2) is 42.5 Å². The number of amides is 2. The largest absolute Gasteiger partial charge is 0.320 e. The van der Waals surface area contributed by atoms with Gasteiger partial charge in [0.15, 0.2) is 0 Å². The van der Waals surface area contributed by atoms with Gasteiger partial charge in [0.25, 0.3) is 11.8 Å². The Morgan fingerprint density at radius 3 is 2.27 bits per heavy atom. The predicted molar refractivity (Wildman–Crippen MR) is 84.7 cm³/mol. The average Bonchev–Trinajstić information content (AvgIpc) is 2.79. The summed E-state index contributed by atoms with van der Waals surface area (Å²) in [6.45, 7) is 2.18. The normalized spacial score (nSPS) is 12.9. The van der Waals surface area contributed by atoms with Gasteiger partial charge in [0, 0.05) is 5.56 Å². The third kappa shape index (κ3) is 2.18. The highest BCUT2D eigenvalue weighted by molar-refractivity contribution is 6.34. The molecule has 0 aliphatic carbocycles. The number of hydrogen-bond acceptors (Lipinski definition) is 3. The third-order valence-corrected chi connectivity index (χ3v) is 3.60. The number of aryl methyl sites for hydroxylation is 1. The van der Waals surface area contributed by atoms with Gasteiger partial charge in [0.1, 0.15) is 0 Å². The van der Waals surface area contributed by atoms with E-state index in [4.69, 9.17) is 5.73 Å². The van der Waals surface area contributed by atoms with E-state index in [9.17, 15) is 9.59 Å². The van der Waals surface area contributed by atoms with E-state index in [1.54, 1.807) is 36.4 Å². The number of fused-ring (bicyclic) bond motifs is 1. The zero-order valence-electron chi connectivity index (χ0n) is 12.1. The zero-order valence-corrected chi connectivity index (χ0v) is 12.1. The zero-order chi connectivity index (χ0) is 15.7. The molecule has 1 heterocycles. The van der Waals surface area contributed by atoms with Gasteiger partial charge in [-0.2, -0.15) is 0 Å². The third-order valence-electron chi connectivity index (χ3n) is 3.60. The minimum Gasteiger partial charge on any atom is -0.320 e. The average molecular weight is 290 g/mol. The molecule has 108 valence electrons. The van der Waals surface area contributed by atoms with Crippen LogP contribution in [0.3, 0.4) is 0 Å². The molecule has 0 atom stereocenters. The van der Waals surface area contributed by atoms with E-state index < -0.39 is 0 Å². The standard InChI is InChI=1S/C18H14N2O2/c1-12-8-9-14(11-13(12)5-4-10-19)20-17(21)15-6-2-3-7-16(15)18(20)22/h2-3,6-9,11H,10,19H2,1H3. The minimum atomic E-state index is -0.304. The van der Waals surface area contributed by atoms with Crippen molar-refractivity contribution in [2.45, 2.75) is 6.92 Å². The highest BCUT2D eigenvalue weighted by Crippen LogP contribution is 2.29. The molecular weight excluding hydrogens is 276 g/mol. The molecule has 1 aliphatic rings. The summed E-state index contributed by atoms with van der Waals surface area (Å²) < 4.78 is 0. The van der Waals surface area contributed by atoms with Gasteiger partial charge in [-0.15, -0.1) is 0 Å². The van der Waals surface area contributed by atoms with Crippen LogP contribution in [0.5, 0.6) is 0 Å². The van der Waals surface area contributed by atoms with Crippen LogP contribution < -0.4 is 10.6 Å². The van der Waals surface area contributed by atoms with Crippen LogP contribution in [0.25, 0.3) is 0 Å². The molecule has 0 spiro atoms. The quantitative estimate of drug-likeness (QED) is 0.646. The summed E-state index contributed by atoms with van der Waals surface area (Å²) in [5.41, 5.74) is 8.52. The Kier molecular flexibility index (Phi) is 3.50. The van der Waals surface area contributed by atoms with Crippen molar-refractivity contribution in [2.24, 2.45) is 5.73 Å². The summed E-state index contributed by atoms with van der Waals surface area (Å²) >= 11 is 0. The number of imide groups is 1. The molecule has 2 N–H and O–H groups in total. The first-order valence-electron chi connectivity index (χ1n) is 6.91. The van der Waals surface area contributed by atoms with Crippen molar-refractivity contribution in [1.82, 2.24) is 0 Å². The molecule has 2 aromatic rings. The predicted octanol–water partition coefficient (Wildman–Crippen LogP) is 2.11. The Balaban J connectivity index is 2.06. The lowest BCUT2D eigenvalue weighted by atomic mass is 10.1. The molecule has 22 heavy (non-hydrogen) atoms. The minimum absolute atomic E-state index is 0.261. The second-order valence-electron chi connectivity index (χ2n) is 5.00. The molecule has 0 saturated carbocycles. The maximum absolute atomic E-state index is 12.5. The number of rotatable bonds is 1. The van der Waals surface area contributed by atoms with E-state index in [-0.39, 0.29) is 18.4 Å². The van der Waals surface area contributed by atoms with Crippen LogP contribution in [0.4, 0.5) is 5.69 Å². The smallest absolute Gasteiger partial charge is 0.266 e. The molecule has 0 aromatic heterocycles. The van der Waals surface area contributed by atoms with E-state index in [2.05, 4.69) is 11.8 Å². The topological polar surface area (TPSA) is 63.4 Å². The fourth-order valence-corrected chi connectivity index (χ4v) is 2.45. The van der Waals surface area contributed by atoms with Gasteiger partial charge in [-0.05, 0) is 36.8 Å². The van der Waals surface area contributed by atoms with E-state index in [1.807, 2.05) is 13.0 Å². The van der Waals surface area contributed by atoms with Gasteiger partial charge in [0.2, 0.25) is 0 Å². The SMILES string of the molecule is Cc1ccc(N2C(=O)c3ccccc3C2=O)cc1C#CCN. The van der Waals surface area contributed by atoms with Gasteiger partial charge in [-0.1, -0.05) is 30.0 Å². The lowest BCUT2D eigenvalue weighted by Gasteiger charge is -2.15. The summed E-state index contributed by atoms with van der Waals surface area (Å²) in [4.78, 5) is 26.1. The van der Waals surface area contributed by atoms with Gasteiger partial charge >= 0.3 is 0 Å². The number of nitrogens with zero attached hydrogens (tertiary/aromatic N) is 1. The first-order valence-corrected chi connectivity index (χ1v) is 6.91. The lowest BCUT2D eigenvalue weighted by Crippen LogP contribution is -2.29. The summed E-state index contributed by atoms with van der Waals surface area (Å²) in [6.07, 6.45) is 0. The van der Waals surface area contributed by atoms with Crippen molar-refractivity contribution in [3.05, 3.63) is 64.7 Å². The van der Waals surface area contributed by atoms with Crippen LogP contribution in [-0.4, -0.2) is 18.4 Å². The molecule has 0 unspecified atom stereocenters. The fourth-order valence-electron chi connectivity index (χ4n) is 2.45. The first-order chi connectivity index (χ1) is 10.6. The highest BCUT2D eigenvalue weighted by Gasteiger charge is 2.36. The number of carbonyl (C=O) groups is 2. The molecule has 4 heteroatoms. The van der Waals surface area contributed by atoms with Crippen LogP contribution >= 0.6 is 0 Å². The number of anilines is 1. The Bertz CT molecular complexity index is 809. The molecule has 3 rings (SSSR count). The monoisotopic (exact) mass is 290 g/mol. The Hall–Kier alpha value is -2.90. The highest BCUT2D eigenvalue weighted by atomic mass is 16.2. The van der Waals surface area contributed by atoms with E-state index in [0.29, 0.717) is 16.8 Å². The molecule has 0 fully saturated rings. The van der Waals surface area contributed by atoms with Crippen LogP contribution in [0.1, 0.15) is 31.8 Å². The first kappa shape index (κ1) is 14.1.